The molecular formula is C26H27ClFeN4+2. The molecule has 3 fully saturated rings. The number of rotatable bonds is 5. The maximum atomic E-state index is 6.05. The van der Waals surface area contributed by atoms with Crippen molar-refractivity contribution < 1.29 is 17.1 Å². The Kier molecular flexibility index (Phi) is 10.8. The van der Waals surface area contributed by atoms with E-state index in [1.807, 2.05) is 62.6 Å². The zero-order valence-electron chi connectivity index (χ0n) is 17.9. The Morgan fingerprint density at radius 1 is 0.969 bits per heavy atom. The minimum atomic E-state index is 0. The number of aromatic nitrogens is 1. The van der Waals surface area contributed by atoms with Crippen molar-refractivity contribution >= 4 is 34.4 Å². The standard InChI is InChI=1S/C21H22ClN4.C5H5.Fe/c22-18-7-8-19-20(9-10-23-21(19)13-18)25-24-14-16-5-4-6-17(16)15-26-11-2-1-3-12-26;1-2-4-5-3-1;/h4-10,13-14H,1-3,11-12,15H2,(H,23,25);1-5H;/q;;+2/b24-14+;;. The minimum absolute atomic E-state index is 0. The van der Waals surface area contributed by atoms with E-state index in [9.17, 15) is 0 Å². The van der Waals surface area contributed by atoms with Crippen LogP contribution in [0.1, 0.15) is 19.3 Å². The summed E-state index contributed by atoms with van der Waals surface area (Å²) in [6.45, 7) is 3.40. The fraction of sp³-hybridized carbons (Fsp3) is 0.231. The number of piperidine rings is 1. The smallest absolute Gasteiger partial charge is 0.303 e. The number of anilines is 1. The first-order valence-corrected chi connectivity index (χ1v) is 11.1. The molecule has 0 amide bonds. The van der Waals surface area contributed by atoms with E-state index in [1.54, 1.807) is 6.20 Å². The van der Waals surface area contributed by atoms with Crippen LogP contribution >= 0.6 is 11.6 Å². The molecule has 164 valence electrons. The summed E-state index contributed by atoms with van der Waals surface area (Å²) in [6.07, 6.45) is 24.1. The molecule has 2 saturated carbocycles. The minimum Gasteiger partial charge on any atom is -0.303 e. The van der Waals surface area contributed by atoms with E-state index in [2.05, 4.69) is 39.7 Å². The van der Waals surface area contributed by atoms with Gasteiger partial charge < -0.3 is 4.90 Å². The third kappa shape index (κ3) is 7.45. The fourth-order valence-corrected chi connectivity index (χ4v) is 3.98. The van der Waals surface area contributed by atoms with Crippen molar-refractivity contribution in [1.29, 1.82) is 0 Å². The monoisotopic (exact) mass is 486 g/mol. The van der Waals surface area contributed by atoms with Crippen molar-refractivity contribution in [3.63, 3.8) is 0 Å². The van der Waals surface area contributed by atoms with Gasteiger partial charge in [-0.05, 0) is 102 Å². The summed E-state index contributed by atoms with van der Waals surface area (Å²) in [7, 11) is 0. The number of halogens is 1. The molecule has 2 heterocycles. The number of likely N-dealkylation sites (tertiary alicyclic amines) is 1. The number of hydrogen-bond donors (Lipinski definition) is 1. The van der Waals surface area contributed by atoms with Gasteiger partial charge in [-0.2, -0.15) is 5.10 Å². The van der Waals surface area contributed by atoms with Crippen LogP contribution in [0.3, 0.4) is 0 Å². The third-order valence-corrected chi connectivity index (χ3v) is 5.67. The number of hydrogen-bond acceptors (Lipinski definition) is 4. The number of fused-ring (bicyclic) bond motifs is 1. The molecule has 32 heavy (non-hydrogen) atoms. The molecule has 4 nitrogen and oxygen atoms in total. The zero-order valence-corrected chi connectivity index (χ0v) is 19.8. The normalized spacial score (nSPS) is 20.3. The first-order valence-electron chi connectivity index (χ1n) is 10.8. The van der Waals surface area contributed by atoms with Gasteiger partial charge in [-0.3, -0.25) is 10.4 Å². The van der Waals surface area contributed by atoms with Crippen molar-refractivity contribution in [2.24, 2.45) is 5.10 Å². The van der Waals surface area contributed by atoms with E-state index in [4.69, 9.17) is 11.6 Å². The van der Waals surface area contributed by atoms with Crippen LogP contribution in [0.5, 0.6) is 0 Å². The van der Waals surface area contributed by atoms with Crippen molar-refractivity contribution in [3.05, 3.63) is 98.7 Å². The SMILES string of the molecule is Clc1ccc2c(N/N=C/[C]3[CH][CH][CH][C]3CN3CCCCC3)ccnc2c1.[CH]1[CH][CH][CH][CH]1.[Fe+2]. The summed E-state index contributed by atoms with van der Waals surface area (Å²) in [5, 5.41) is 6.15. The molecule has 0 spiro atoms. The molecule has 5 rings (SSSR count). The average molecular weight is 487 g/mol. The maximum Gasteiger partial charge on any atom is 2.00 e. The van der Waals surface area contributed by atoms with Crippen LogP contribution in [0, 0.1) is 63.2 Å². The van der Waals surface area contributed by atoms with Gasteiger partial charge in [-0.15, -0.1) is 0 Å². The molecule has 1 aliphatic heterocycles. The molecule has 1 aromatic carbocycles. The number of nitrogens with one attached hydrogen (secondary N) is 1. The maximum absolute atomic E-state index is 6.05. The molecule has 1 aromatic heterocycles. The summed E-state index contributed by atoms with van der Waals surface area (Å²) in [5.41, 5.74) is 4.93. The van der Waals surface area contributed by atoms with Crippen LogP contribution in [0.4, 0.5) is 5.69 Å². The molecule has 0 bridgehead atoms. The van der Waals surface area contributed by atoms with Gasteiger partial charge in [0.05, 0.1) is 11.2 Å². The van der Waals surface area contributed by atoms with Gasteiger partial charge in [-0.25, -0.2) is 0 Å². The second-order valence-electron chi connectivity index (χ2n) is 7.70. The van der Waals surface area contributed by atoms with Gasteiger partial charge in [0.1, 0.15) is 0 Å². The molecule has 2 aliphatic carbocycles. The van der Waals surface area contributed by atoms with Crippen LogP contribution in [0.15, 0.2) is 35.6 Å². The Hall–Kier alpha value is -1.13. The predicted molar refractivity (Wildman–Crippen MR) is 130 cm³/mol. The Bertz CT molecular complexity index is 841. The second kappa shape index (κ2) is 13.5. The summed E-state index contributed by atoms with van der Waals surface area (Å²) in [4.78, 5) is 6.89. The molecule has 0 atom stereocenters. The van der Waals surface area contributed by atoms with Gasteiger partial charge in [0.15, 0.2) is 0 Å². The molecule has 0 unspecified atom stereocenters. The van der Waals surface area contributed by atoms with Gasteiger partial charge in [-0.1, -0.05) is 18.0 Å². The quantitative estimate of drug-likeness (QED) is 0.341. The summed E-state index contributed by atoms with van der Waals surface area (Å²) in [6, 6.07) is 7.62. The first kappa shape index (κ1) is 25.5. The van der Waals surface area contributed by atoms with E-state index < -0.39 is 0 Å². The Morgan fingerprint density at radius 2 is 1.72 bits per heavy atom. The van der Waals surface area contributed by atoms with Crippen molar-refractivity contribution in [2.75, 3.05) is 25.1 Å². The van der Waals surface area contributed by atoms with Crippen molar-refractivity contribution in [1.82, 2.24) is 9.88 Å². The summed E-state index contributed by atoms with van der Waals surface area (Å²) < 4.78 is 0. The summed E-state index contributed by atoms with van der Waals surface area (Å²) >= 11 is 6.05. The van der Waals surface area contributed by atoms with Crippen molar-refractivity contribution in [3.8, 4) is 0 Å². The van der Waals surface area contributed by atoms with Crippen LogP contribution in [-0.2, 0) is 17.1 Å². The Balaban J connectivity index is 0.000000427. The van der Waals surface area contributed by atoms with Crippen LogP contribution < -0.4 is 5.43 Å². The van der Waals surface area contributed by atoms with Gasteiger partial charge in [0.2, 0.25) is 0 Å². The summed E-state index contributed by atoms with van der Waals surface area (Å²) in [5.74, 6) is 2.51. The van der Waals surface area contributed by atoms with E-state index in [0.29, 0.717) is 5.02 Å². The molecule has 3 aliphatic rings. The number of pyridine rings is 1. The predicted octanol–water partition coefficient (Wildman–Crippen LogP) is 5.57. The Morgan fingerprint density at radius 3 is 2.47 bits per heavy atom. The van der Waals surface area contributed by atoms with E-state index in [0.717, 1.165) is 23.1 Å². The van der Waals surface area contributed by atoms with E-state index in [-0.39, 0.29) is 17.1 Å². The number of benzene rings is 1. The fourth-order valence-electron chi connectivity index (χ4n) is 3.81. The molecule has 1 saturated heterocycles. The van der Waals surface area contributed by atoms with Gasteiger partial charge >= 0.3 is 17.1 Å². The molecule has 10 radical (unpaired) electrons. The van der Waals surface area contributed by atoms with Crippen LogP contribution in [0.2, 0.25) is 5.02 Å². The third-order valence-electron chi connectivity index (χ3n) is 5.44. The van der Waals surface area contributed by atoms with Crippen LogP contribution in [-0.4, -0.2) is 35.7 Å². The van der Waals surface area contributed by atoms with Crippen molar-refractivity contribution in [2.45, 2.75) is 19.3 Å². The molecular weight excluding hydrogens is 460 g/mol. The molecule has 1 N–H and O–H groups in total. The second-order valence-corrected chi connectivity index (χ2v) is 8.13. The molecule has 2 aromatic rings. The average Bonchev–Trinajstić information content (AvgIpc) is 3.50. The van der Waals surface area contributed by atoms with Crippen LogP contribution in [0.25, 0.3) is 10.9 Å². The van der Waals surface area contributed by atoms with Gasteiger partial charge in [0, 0.05) is 41.2 Å². The number of hydrazone groups is 1. The first-order chi connectivity index (χ1) is 15.3. The van der Waals surface area contributed by atoms with Gasteiger partial charge in [0.25, 0.3) is 0 Å². The number of nitrogens with zero attached hydrogens (tertiary/aromatic N) is 3. The van der Waals surface area contributed by atoms with E-state index in [1.165, 1.54) is 44.2 Å². The van der Waals surface area contributed by atoms with E-state index >= 15 is 0 Å². The zero-order chi connectivity index (χ0) is 21.3. The molecule has 6 heteroatoms. The largest absolute Gasteiger partial charge is 2.00 e. The topological polar surface area (TPSA) is 40.5 Å². The Labute approximate surface area is 209 Å².